The van der Waals surface area contributed by atoms with Crippen molar-refractivity contribution >= 4 is 73.2 Å². The Morgan fingerprint density at radius 1 is 1.35 bits per heavy atom. The van der Waals surface area contributed by atoms with Crippen molar-refractivity contribution in [2.24, 2.45) is 0 Å². The number of thiocarbonyl (C=S) groups is 1. The van der Waals surface area contributed by atoms with E-state index in [0.29, 0.717) is 14.9 Å². The highest BCUT2D eigenvalue weighted by atomic mass is 79.9. The molecule has 0 atom stereocenters. The number of amides is 1. The smallest absolute Gasteiger partial charge is 0.268 e. The van der Waals surface area contributed by atoms with Crippen molar-refractivity contribution in [3.63, 3.8) is 0 Å². The zero-order valence-corrected chi connectivity index (χ0v) is 14.0. The van der Waals surface area contributed by atoms with E-state index in [4.69, 9.17) is 12.2 Å². The molecule has 0 aromatic carbocycles. The summed E-state index contributed by atoms with van der Waals surface area (Å²) in [5.41, 5.74) is 0.700. The van der Waals surface area contributed by atoms with Gasteiger partial charge in [0.15, 0.2) is 4.32 Å². The molecule has 1 saturated heterocycles. The average Bonchev–Trinajstić information content (AvgIpc) is 2.96. The van der Waals surface area contributed by atoms with Gasteiger partial charge in [-0.05, 0) is 46.3 Å². The maximum absolute atomic E-state index is 12.4. The van der Waals surface area contributed by atoms with E-state index in [1.54, 1.807) is 29.8 Å². The van der Waals surface area contributed by atoms with Gasteiger partial charge in [-0.1, -0.05) is 24.0 Å². The van der Waals surface area contributed by atoms with E-state index in [1.165, 1.54) is 16.7 Å². The van der Waals surface area contributed by atoms with Crippen molar-refractivity contribution in [2.75, 3.05) is 4.90 Å². The number of halogens is 1. The number of aromatic nitrogens is 1. The zero-order chi connectivity index (χ0) is 14.1. The molecule has 0 spiro atoms. The summed E-state index contributed by atoms with van der Waals surface area (Å²) in [5, 5.41) is 0. The van der Waals surface area contributed by atoms with Crippen LogP contribution < -0.4 is 4.90 Å². The lowest BCUT2D eigenvalue weighted by Gasteiger charge is -2.13. The second kappa shape index (κ2) is 5.77. The lowest BCUT2D eigenvalue weighted by Crippen LogP contribution is -2.27. The Hall–Kier alpha value is -1.02. The maximum atomic E-state index is 12.4. The van der Waals surface area contributed by atoms with Crippen LogP contribution in [0.2, 0.25) is 0 Å². The predicted molar refractivity (Wildman–Crippen MR) is 91.9 cm³/mol. The molecule has 3 heterocycles. The van der Waals surface area contributed by atoms with E-state index in [-0.39, 0.29) is 5.91 Å². The van der Waals surface area contributed by atoms with Crippen molar-refractivity contribution in [1.29, 1.82) is 0 Å². The molecule has 1 amide bonds. The largest absolute Gasteiger partial charge is 0.270 e. The van der Waals surface area contributed by atoms with Crippen molar-refractivity contribution in [3.8, 4) is 0 Å². The summed E-state index contributed by atoms with van der Waals surface area (Å²) in [4.78, 5) is 19.6. The summed E-state index contributed by atoms with van der Waals surface area (Å²) in [7, 11) is 0. The molecule has 1 fully saturated rings. The second-order valence-electron chi connectivity index (χ2n) is 3.87. The first-order chi connectivity index (χ1) is 9.65. The molecule has 2 aromatic heterocycles. The number of carbonyl (C=O) groups excluding carboxylic acids is 1. The minimum Gasteiger partial charge on any atom is -0.268 e. The first-order valence-electron chi connectivity index (χ1n) is 5.58. The number of hydrogen-bond donors (Lipinski definition) is 0. The van der Waals surface area contributed by atoms with Crippen molar-refractivity contribution < 1.29 is 4.79 Å². The standard InChI is InChI=1S/C13H7BrN2OS3/c14-11-4-3-9(19-11)6-10-12(17)16(13(18)20-10)8-2-1-5-15-7-8/h1-7H/b10-6+. The zero-order valence-electron chi connectivity index (χ0n) is 9.95. The summed E-state index contributed by atoms with van der Waals surface area (Å²) in [6.07, 6.45) is 5.17. The summed E-state index contributed by atoms with van der Waals surface area (Å²) in [6, 6.07) is 7.53. The van der Waals surface area contributed by atoms with Gasteiger partial charge < -0.3 is 0 Å². The van der Waals surface area contributed by atoms with E-state index in [0.717, 1.165) is 8.66 Å². The third-order valence-corrected chi connectivity index (χ3v) is 5.44. The molecule has 1 aliphatic rings. The highest BCUT2D eigenvalue weighted by Crippen LogP contribution is 2.36. The van der Waals surface area contributed by atoms with Crippen molar-refractivity contribution in [3.05, 3.63) is 50.2 Å². The fraction of sp³-hybridized carbons (Fsp3) is 0. The van der Waals surface area contributed by atoms with Crippen LogP contribution >= 0.6 is 51.2 Å². The van der Waals surface area contributed by atoms with Crippen LogP contribution in [0.4, 0.5) is 5.69 Å². The highest BCUT2D eigenvalue weighted by molar-refractivity contribution is 9.11. The lowest BCUT2D eigenvalue weighted by molar-refractivity contribution is -0.113. The summed E-state index contributed by atoms with van der Waals surface area (Å²) < 4.78 is 1.57. The predicted octanol–water partition coefficient (Wildman–Crippen LogP) is 4.31. The van der Waals surface area contributed by atoms with E-state index in [2.05, 4.69) is 20.9 Å². The summed E-state index contributed by atoms with van der Waals surface area (Å²) in [6.45, 7) is 0. The van der Waals surface area contributed by atoms with Gasteiger partial charge in [-0.25, -0.2) is 0 Å². The molecule has 3 nitrogen and oxygen atoms in total. The van der Waals surface area contributed by atoms with Crippen molar-refractivity contribution in [2.45, 2.75) is 0 Å². The van der Waals surface area contributed by atoms with Crippen molar-refractivity contribution in [1.82, 2.24) is 4.98 Å². The Morgan fingerprint density at radius 3 is 2.85 bits per heavy atom. The van der Waals surface area contributed by atoms with Gasteiger partial charge in [0.1, 0.15) is 0 Å². The first-order valence-corrected chi connectivity index (χ1v) is 8.42. The number of carbonyl (C=O) groups is 1. The van der Waals surface area contributed by atoms with E-state index >= 15 is 0 Å². The molecule has 20 heavy (non-hydrogen) atoms. The van der Waals surface area contributed by atoms with Gasteiger partial charge in [0, 0.05) is 11.1 Å². The molecule has 1 aliphatic heterocycles. The topological polar surface area (TPSA) is 33.2 Å². The van der Waals surface area contributed by atoms with Crippen LogP contribution in [0.3, 0.4) is 0 Å². The number of pyridine rings is 1. The van der Waals surface area contributed by atoms with Gasteiger partial charge in [0.2, 0.25) is 0 Å². The minimum atomic E-state index is -0.0995. The maximum Gasteiger partial charge on any atom is 0.270 e. The Balaban J connectivity index is 1.93. The Kier molecular flexibility index (Phi) is 4.02. The fourth-order valence-electron chi connectivity index (χ4n) is 1.71. The highest BCUT2D eigenvalue weighted by Gasteiger charge is 2.33. The molecule has 7 heteroatoms. The summed E-state index contributed by atoms with van der Waals surface area (Å²) >= 11 is 11.6. The van der Waals surface area contributed by atoms with Crippen LogP contribution in [0.5, 0.6) is 0 Å². The van der Waals surface area contributed by atoms with Gasteiger partial charge in [-0.3, -0.25) is 14.7 Å². The number of hydrogen-bond acceptors (Lipinski definition) is 5. The molecule has 0 saturated carbocycles. The lowest BCUT2D eigenvalue weighted by atomic mass is 10.3. The molecule has 0 radical (unpaired) electrons. The number of rotatable bonds is 2. The number of anilines is 1. The molecule has 0 aliphatic carbocycles. The number of nitrogens with zero attached hydrogens (tertiary/aromatic N) is 2. The monoisotopic (exact) mass is 382 g/mol. The molecule has 0 bridgehead atoms. The van der Waals surface area contributed by atoms with Crippen LogP contribution in [0.1, 0.15) is 4.88 Å². The van der Waals surface area contributed by atoms with Gasteiger partial charge in [0.25, 0.3) is 5.91 Å². The molecule has 0 N–H and O–H groups in total. The first kappa shape index (κ1) is 13.9. The van der Waals surface area contributed by atoms with Crippen LogP contribution in [0.15, 0.2) is 45.4 Å². The van der Waals surface area contributed by atoms with Crippen LogP contribution in [0, 0.1) is 0 Å². The van der Waals surface area contributed by atoms with Gasteiger partial charge in [0.05, 0.1) is 20.6 Å². The Morgan fingerprint density at radius 2 is 2.20 bits per heavy atom. The fourth-order valence-corrected chi connectivity index (χ4v) is 4.44. The molecular formula is C13H7BrN2OS3. The van der Waals surface area contributed by atoms with Crippen LogP contribution in [0.25, 0.3) is 6.08 Å². The quantitative estimate of drug-likeness (QED) is 0.572. The summed E-state index contributed by atoms with van der Waals surface area (Å²) in [5.74, 6) is -0.0995. The Labute approximate surface area is 137 Å². The number of thiophene rings is 1. The molecule has 3 rings (SSSR count). The van der Waals surface area contributed by atoms with E-state index < -0.39 is 0 Å². The SMILES string of the molecule is O=C1/C(=C\c2ccc(Br)s2)SC(=S)N1c1cccnc1. The van der Waals surface area contributed by atoms with E-state index in [1.807, 2.05) is 24.3 Å². The van der Waals surface area contributed by atoms with Crippen LogP contribution in [-0.4, -0.2) is 15.2 Å². The van der Waals surface area contributed by atoms with Gasteiger partial charge >= 0.3 is 0 Å². The molecular weight excluding hydrogens is 376 g/mol. The molecule has 2 aromatic rings. The molecule has 100 valence electrons. The van der Waals surface area contributed by atoms with Crippen LogP contribution in [-0.2, 0) is 4.79 Å². The number of thioether (sulfide) groups is 1. The third-order valence-electron chi connectivity index (χ3n) is 2.57. The Bertz CT molecular complexity index is 711. The van der Waals surface area contributed by atoms with E-state index in [9.17, 15) is 4.79 Å². The second-order valence-corrected chi connectivity index (χ2v) is 8.04. The molecule has 0 unspecified atom stereocenters. The van der Waals surface area contributed by atoms with Gasteiger partial charge in [-0.15, -0.1) is 11.3 Å². The normalized spacial score (nSPS) is 17.2. The third kappa shape index (κ3) is 2.71. The average molecular weight is 383 g/mol. The minimum absolute atomic E-state index is 0.0995. The van der Waals surface area contributed by atoms with Gasteiger partial charge in [-0.2, -0.15) is 0 Å².